The summed E-state index contributed by atoms with van der Waals surface area (Å²) in [6.07, 6.45) is 1.88. The Balaban J connectivity index is 2.63. The van der Waals surface area contributed by atoms with E-state index in [-0.39, 0.29) is 0 Å². The van der Waals surface area contributed by atoms with Gasteiger partial charge in [-0.05, 0) is 69.8 Å². The Labute approximate surface area is 133 Å². The van der Waals surface area contributed by atoms with E-state index >= 15 is 0 Å². The van der Waals surface area contributed by atoms with Crippen LogP contribution in [0.15, 0.2) is 24.3 Å². The second kappa shape index (κ2) is 7.73. The Morgan fingerprint density at radius 1 is 1.10 bits per heavy atom. The van der Waals surface area contributed by atoms with Crippen LogP contribution in [0.3, 0.4) is 0 Å². The minimum atomic E-state index is -2.09. The standard InChI is InChI=1S/C15H29O3Si3/c1-19(2)17-21(6,18-20(3,4)5)13-9-11-14-10-7-8-12-15(14)16/h7-8,10,12,16H,9,11,13H2,1-6H3. The van der Waals surface area contributed by atoms with E-state index in [0.717, 1.165) is 24.4 Å². The molecule has 0 fully saturated rings. The maximum absolute atomic E-state index is 9.83. The summed E-state index contributed by atoms with van der Waals surface area (Å²) in [7, 11) is -4.45. The molecule has 1 N–H and O–H groups in total. The van der Waals surface area contributed by atoms with Crippen LogP contribution in [0.1, 0.15) is 12.0 Å². The fraction of sp³-hybridized carbons (Fsp3) is 0.600. The van der Waals surface area contributed by atoms with Gasteiger partial charge in [0.25, 0.3) is 0 Å². The summed E-state index contributed by atoms with van der Waals surface area (Å²) in [5.41, 5.74) is 1.01. The summed E-state index contributed by atoms with van der Waals surface area (Å²) in [6.45, 7) is 13.2. The third-order valence-corrected chi connectivity index (χ3v) is 11.8. The second-order valence-corrected chi connectivity index (χ2v) is 17.3. The maximum Gasteiger partial charge on any atom is 0.314 e. The van der Waals surface area contributed by atoms with E-state index in [2.05, 4.69) is 39.3 Å². The lowest BCUT2D eigenvalue weighted by Gasteiger charge is -2.35. The summed E-state index contributed by atoms with van der Waals surface area (Å²) in [5.74, 6) is 0.392. The predicted octanol–water partition coefficient (Wildman–Crippen LogP) is 4.52. The van der Waals surface area contributed by atoms with Gasteiger partial charge in [0.15, 0.2) is 17.4 Å². The highest BCUT2D eigenvalue weighted by atomic mass is 28.5. The lowest BCUT2D eigenvalue weighted by Crippen LogP contribution is -2.49. The third kappa shape index (κ3) is 7.42. The van der Waals surface area contributed by atoms with Crippen molar-refractivity contribution in [3.63, 3.8) is 0 Å². The molecular weight excluding hydrogens is 312 g/mol. The van der Waals surface area contributed by atoms with Crippen molar-refractivity contribution in [1.82, 2.24) is 0 Å². The number of aromatic hydroxyl groups is 1. The van der Waals surface area contributed by atoms with Crippen LogP contribution in [0.4, 0.5) is 0 Å². The molecule has 21 heavy (non-hydrogen) atoms. The number of phenols is 1. The zero-order valence-electron chi connectivity index (χ0n) is 14.2. The molecule has 0 aliphatic rings. The maximum atomic E-state index is 9.83. The van der Waals surface area contributed by atoms with Crippen LogP contribution < -0.4 is 0 Å². The second-order valence-electron chi connectivity index (χ2n) is 6.84. The summed E-state index contributed by atoms with van der Waals surface area (Å²) >= 11 is 0. The van der Waals surface area contributed by atoms with Crippen LogP contribution in [0.5, 0.6) is 5.75 Å². The van der Waals surface area contributed by atoms with Gasteiger partial charge in [-0.25, -0.2) is 0 Å². The van der Waals surface area contributed by atoms with Crippen molar-refractivity contribution in [2.24, 2.45) is 0 Å². The quantitative estimate of drug-likeness (QED) is 0.707. The van der Waals surface area contributed by atoms with E-state index in [1.165, 1.54) is 0 Å². The van der Waals surface area contributed by atoms with Gasteiger partial charge in [0.05, 0.1) is 0 Å². The minimum Gasteiger partial charge on any atom is -0.508 e. The van der Waals surface area contributed by atoms with Crippen molar-refractivity contribution in [3.8, 4) is 5.75 Å². The molecule has 6 heteroatoms. The van der Waals surface area contributed by atoms with Crippen LogP contribution in [0, 0.1) is 0 Å². The van der Waals surface area contributed by atoms with Gasteiger partial charge < -0.3 is 13.3 Å². The van der Waals surface area contributed by atoms with Crippen LogP contribution in [0.25, 0.3) is 0 Å². The molecule has 0 heterocycles. The van der Waals surface area contributed by atoms with Crippen molar-refractivity contribution in [1.29, 1.82) is 0 Å². The number of aryl methyl sites for hydroxylation is 1. The minimum absolute atomic E-state index is 0.392. The zero-order valence-corrected chi connectivity index (χ0v) is 17.2. The van der Waals surface area contributed by atoms with Crippen molar-refractivity contribution in [2.45, 2.75) is 58.2 Å². The van der Waals surface area contributed by atoms with Gasteiger partial charge in [0.1, 0.15) is 5.75 Å². The van der Waals surface area contributed by atoms with E-state index in [4.69, 9.17) is 8.23 Å². The van der Waals surface area contributed by atoms with Crippen LogP contribution >= 0.6 is 0 Å². The Morgan fingerprint density at radius 3 is 2.24 bits per heavy atom. The number of rotatable bonds is 8. The molecule has 119 valence electrons. The SMILES string of the molecule is C[Si](C)O[Si](C)(CCCc1ccccc1O)O[Si](C)(C)C. The molecule has 0 amide bonds. The number of phenolic OH excluding ortho intramolecular Hbond substituents is 1. The molecule has 1 aromatic carbocycles. The topological polar surface area (TPSA) is 38.7 Å². The average molecular weight is 342 g/mol. The Hall–Kier alpha value is -0.409. The predicted molar refractivity (Wildman–Crippen MR) is 95.9 cm³/mol. The number of para-hydroxylation sites is 1. The molecule has 0 aliphatic heterocycles. The molecule has 0 aromatic heterocycles. The highest BCUT2D eigenvalue weighted by molar-refractivity contribution is 6.84. The molecule has 1 atom stereocenters. The molecule has 1 aromatic rings. The van der Waals surface area contributed by atoms with Gasteiger partial charge in [-0.2, -0.15) is 0 Å². The summed E-state index contributed by atoms with van der Waals surface area (Å²) < 4.78 is 12.7. The molecular formula is C15H29O3Si3. The Kier molecular flexibility index (Phi) is 6.86. The summed E-state index contributed by atoms with van der Waals surface area (Å²) in [4.78, 5) is 0. The van der Waals surface area contributed by atoms with E-state index in [1.807, 2.05) is 18.2 Å². The summed E-state index contributed by atoms with van der Waals surface area (Å²) in [6, 6.07) is 8.56. The lowest BCUT2D eigenvalue weighted by atomic mass is 10.1. The zero-order chi connectivity index (χ0) is 16.1. The molecule has 0 spiro atoms. The molecule has 1 radical (unpaired) electrons. The van der Waals surface area contributed by atoms with Gasteiger partial charge in [0, 0.05) is 0 Å². The van der Waals surface area contributed by atoms with Gasteiger partial charge in [-0.1, -0.05) is 18.2 Å². The Morgan fingerprint density at radius 2 is 1.71 bits per heavy atom. The smallest absolute Gasteiger partial charge is 0.314 e. The van der Waals surface area contributed by atoms with E-state index in [0.29, 0.717) is 5.75 Å². The Bertz CT molecular complexity index is 446. The first-order valence-corrected chi connectivity index (χ1v) is 15.9. The van der Waals surface area contributed by atoms with Gasteiger partial charge in [-0.15, -0.1) is 0 Å². The van der Waals surface area contributed by atoms with Crippen molar-refractivity contribution < 1.29 is 13.3 Å². The molecule has 0 saturated heterocycles. The average Bonchev–Trinajstić information content (AvgIpc) is 2.27. The van der Waals surface area contributed by atoms with E-state index < -0.39 is 25.9 Å². The normalized spacial score (nSPS) is 15.2. The van der Waals surface area contributed by atoms with E-state index in [1.54, 1.807) is 6.07 Å². The molecule has 1 unspecified atom stereocenters. The summed E-state index contributed by atoms with van der Waals surface area (Å²) in [5, 5.41) is 9.83. The molecule has 0 saturated carbocycles. The highest BCUT2D eigenvalue weighted by Gasteiger charge is 2.36. The first-order valence-electron chi connectivity index (χ1n) is 7.57. The van der Waals surface area contributed by atoms with Crippen molar-refractivity contribution in [3.05, 3.63) is 29.8 Å². The van der Waals surface area contributed by atoms with Crippen molar-refractivity contribution >= 4 is 25.9 Å². The van der Waals surface area contributed by atoms with Gasteiger partial charge in [0.2, 0.25) is 0 Å². The van der Waals surface area contributed by atoms with Crippen LogP contribution in [-0.4, -0.2) is 31.0 Å². The van der Waals surface area contributed by atoms with E-state index in [9.17, 15) is 5.11 Å². The van der Waals surface area contributed by atoms with Crippen LogP contribution in [0.2, 0.25) is 45.3 Å². The monoisotopic (exact) mass is 341 g/mol. The molecule has 0 bridgehead atoms. The molecule has 1 rings (SSSR count). The fourth-order valence-electron chi connectivity index (χ4n) is 2.52. The lowest BCUT2D eigenvalue weighted by molar-refractivity contribution is 0.390. The largest absolute Gasteiger partial charge is 0.508 e. The first kappa shape index (κ1) is 18.6. The number of hydrogen-bond donors (Lipinski definition) is 1. The van der Waals surface area contributed by atoms with Crippen molar-refractivity contribution in [2.75, 3.05) is 0 Å². The third-order valence-electron chi connectivity index (χ3n) is 3.01. The van der Waals surface area contributed by atoms with Gasteiger partial charge in [-0.3, -0.25) is 0 Å². The van der Waals surface area contributed by atoms with Crippen LogP contribution in [-0.2, 0) is 14.7 Å². The fourth-order valence-corrected chi connectivity index (χ4v) is 13.3. The molecule has 0 aliphatic carbocycles. The molecule has 3 nitrogen and oxygen atoms in total. The number of benzene rings is 1. The highest BCUT2D eigenvalue weighted by Crippen LogP contribution is 2.25. The van der Waals surface area contributed by atoms with Gasteiger partial charge >= 0.3 is 8.56 Å². The number of hydrogen-bond acceptors (Lipinski definition) is 3. The first-order chi connectivity index (χ1) is 9.61.